The van der Waals surface area contributed by atoms with Gasteiger partial charge in [-0.3, -0.25) is 4.90 Å². The first-order chi connectivity index (χ1) is 11.9. The average molecular weight is 346 g/mol. The number of methoxy groups -OCH3 is 1. The van der Waals surface area contributed by atoms with Crippen LogP contribution >= 0.6 is 0 Å². The first-order valence-electron chi connectivity index (χ1n) is 8.52. The number of anilines is 1. The third-order valence-corrected chi connectivity index (χ3v) is 4.88. The largest absolute Gasteiger partial charge is 0.497 e. The van der Waals surface area contributed by atoms with E-state index in [0.717, 1.165) is 30.7 Å². The molecule has 1 saturated heterocycles. The summed E-state index contributed by atoms with van der Waals surface area (Å²) in [6, 6.07) is 7.60. The molecule has 0 bridgehead atoms. The van der Waals surface area contributed by atoms with Crippen molar-refractivity contribution in [3.05, 3.63) is 35.7 Å². The molecule has 1 aromatic heterocycles. The smallest absolute Gasteiger partial charge is 0.265 e. The van der Waals surface area contributed by atoms with Crippen LogP contribution in [0.5, 0.6) is 5.75 Å². The summed E-state index contributed by atoms with van der Waals surface area (Å²) in [4.78, 5) is 8.42. The van der Waals surface area contributed by atoms with E-state index in [-0.39, 0.29) is 6.04 Å². The third kappa shape index (κ3) is 3.62. The van der Waals surface area contributed by atoms with Crippen LogP contribution in [0, 0.1) is 0 Å². The third-order valence-electron chi connectivity index (χ3n) is 4.88. The van der Waals surface area contributed by atoms with E-state index in [2.05, 4.69) is 15.0 Å². The predicted molar refractivity (Wildman–Crippen MR) is 94.6 cm³/mol. The number of hydrogen-bond acceptors (Lipinski definition) is 7. The van der Waals surface area contributed by atoms with Crippen LogP contribution in [0.15, 0.2) is 28.8 Å². The van der Waals surface area contributed by atoms with Gasteiger partial charge in [0.15, 0.2) is 0 Å². The Morgan fingerprint density at radius 2 is 2.08 bits per heavy atom. The lowest BCUT2D eigenvalue weighted by Gasteiger charge is -2.36. The van der Waals surface area contributed by atoms with E-state index in [1.54, 1.807) is 7.11 Å². The van der Waals surface area contributed by atoms with E-state index in [9.17, 15) is 5.11 Å². The quantitative estimate of drug-likeness (QED) is 0.857. The molecule has 136 valence electrons. The van der Waals surface area contributed by atoms with Crippen LogP contribution in [0.1, 0.15) is 31.2 Å². The maximum absolute atomic E-state index is 11.2. The lowest BCUT2D eigenvalue weighted by Crippen LogP contribution is -2.45. The zero-order chi connectivity index (χ0) is 18.0. The molecule has 3 rings (SSSR count). The Morgan fingerprint density at radius 1 is 1.36 bits per heavy atom. The molecule has 0 radical (unpaired) electrons. The van der Waals surface area contributed by atoms with Gasteiger partial charge in [-0.25, -0.2) is 0 Å². The fraction of sp³-hybridized carbons (Fsp3) is 0.556. The van der Waals surface area contributed by atoms with Crippen molar-refractivity contribution in [3.63, 3.8) is 0 Å². The normalized spacial score (nSPS) is 20.4. The van der Waals surface area contributed by atoms with E-state index in [1.807, 2.05) is 50.2 Å². The molecule has 1 aliphatic heterocycles. The Balaban J connectivity index is 1.76. The molecule has 0 aliphatic carbocycles. The standard InChI is InChI=1S/C18H26N4O3/c1-18(23,13-7-9-14(24-4)10-8-13)15-6-5-11-22(15)12-16-19-17(20-25-16)21(2)3/h7-10,15,23H,5-6,11-12H2,1-4H3/t15-,18+/m1/s1. The van der Waals surface area contributed by atoms with Gasteiger partial charge in [0.1, 0.15) is 11.4 Å². The predicted octanol–water partition coefficient (Wildman–Crippen LogP) is 2.02. The Hall–Kier alpha value is -2.12. The second-order valence-electron chi connectivity index (χ2n) is 6.89. The molecule has 7 nitrogen and oxygen atoms in total. The molecule has 2 atom stereocenters. The molecule has 1 N–H and O–H groups in total. The van der Waals surface area contributed by atoms with E-state index in [1.165, 1.54) is 0 Å². The first kappa shape index (κ1) is 17.7. The topological polar surface area (TPSA) is 74.9 Å². The highest BCUT2D eigenvalue weighted by molar-refractivity contribution is 5.32. The molecule has 0 saturated carbocycles. The van der Waals surface area contributed by atoms with Crippen molar-refractivity contribution >= 4 is 5.95 Å². The Bertz CT molecular complexity index is 697. The van der Waals surface area contributed by atoms with Crippen molar-refractivity contribution < 1.29 is 14.4 Å². The van der Waals surface area contributed by atoms with Crippen LogP contribution in [0.2, 0.25) is 0 Å². The van der Waals surface area contributed by atoms with E-state index in [0.29, 0.717) is 18.4 Å². The van der Waals surface area contributed by atoms with Crippen molar-refractivity contribution in [3.8, 4) is 5.75 Å². The maximum atomic E-state index is 11.2. The first-order valence-corrected chi connectivity index (χ1v) is 8.52. The summed E-state index contributed by atoms with van der Waals surface area (Å²) in [5.41, 5.74) is -0.0857. The second-order valence-corrected chi connectivity index (χ2v) is 6.89. The summed E-state index contributed by atoms with van der Waals surface area (Å²) in [5.74, 6) is 1.92. The van der Waals surface area contributed by atoms with Crippen molar-refractivity contribution in [1.29, 1.82) is 0 Å². The van der Waals surface area contributed by atoms with E-state index >= 15 is 0 Å². The van der Waals surface area contributed by atoms with Crippen LogP contribution in [0.4, 0.5) is 5.95 Å². The average Bonchev–Trinajstić information content (AvgIpc) is 3.25. The number of nitrogens with zero attached hydrogens (tertiary/aromatic N) is 4. The minimum absolute atomic E-state index is 0.00407. The van der Waals surface area contributed by atoms with Crippen LogP contribution in [-0.4, -0.2) is 53.9 Å². The number of likely N-dealkylation sites (tertiary alicyclic amines) is 1. The van der Waals surface area contributed by atoms with E-state index in [4.69, 9.17) is 9.26 Å². The van der Waals surface area contributed by atoms with Crippen LogP contribution < -0.4 is 9.64 Å². The van der Waals surface area contributed by atoms with Gasteiger partial charge in [0, 0.05) is 20.1 Å². The van der Waals surface area contributed by atoms with Crippen molar-refractivity contribution in [2.45, 2.75) is 38.0 Å². The zero-order valence-electron chi connectivity index (χ0n) is 15.3. The van der Waals surface area contributed by atoms with Crippen LogP contribution in [0.3, 0.4) is 0 Å². The molecule has 7 heteroatoms. The lowest BCUT2D eigenvalue weighted by atomic mass is 9.86. The fourth-order valence-electron chi connectivity index (χ4n) is 3.44. The number of rotatable bonds is 6. The summed E-state index contributed by atoms with van der Waals surface area (Å²) in [5, 5.41) is 15.2. The molecule has 2 aromatic rings. The summed E-state index contributed by atoms with van der Waals surface area (Å²) < 4.78 is 10.5. The van der Waals surface area contributed by atoms with Crippen LogP contribution in [0.25, 0.3) is 0 Å². The van der Waals surface area contributed by atoms with Gasteiger partial charge in [0.05, 0.1) is 13.7 Å². The molecule has 1 aliphatic rings. The number of ether oxygens (including phenoxy) is 1. The van der Waals surface area contributed by atoms with Gasteiger partial charge in [-0.1, -0.05) is 12.1 Å². The monoisotopic (exact) mass is 346 g/mol. The molecule has 2 heterocycles. The van der Waals surface area contributed by atoms with Gasteiger partial charge >= 0.3 is 0 Å². The highest BCUT2D eigenvalue weighted by Crippen LogP contribution is 2.36. The summed E-state index contributed by atoms with van der Waals surface area (Å²) in [6.45, 7) is 3.31. The Morgan fingerprint density at radius 3 is 2.68 bits per heavy atom. The van der Waals surface area contributed by atoms with Crippen LogP contribution in [-0.2, 0) is 12.1 Å². The fourth-order valence-corrected chi connectivity index (χ4v) is 3.44. The van der Waals surface area contributed by atoms with Crippen molar-refractivity contribution in [1.82, 2.24) is 15.0 Å². The molecule has 0 amide bonds. The maximum Gasteiger partial charge on any atom is 0.265 e. The van der Waals surface area contributed by atoms with Gasteiger partial charge in [-0.2, -0.15) is 4.98 Å². The van der Waals surface area contributed by atoms with Crippen molar-refractivity contribution in [2.75, 3.05) is 32.6 Å². The van der Waals surface area contributed by atoms with Gasteiger partial charge in [0.2, 0.25) is 5.89 Å². The summed E-state index contributed by atoms with van der Waals surface area (Å²) in [7, 11) is 5.39. The molecule has 0 spiro atoms. The number of aromatic nitrogens is 2. The molecule has 1 aromatic carbocycles. The number of hydrogen-bond donors (Lipinski definition) is 1. The van der Waals surface area contributed by atoms with Gasteiger partial charge < -0.3 is 19.3 Å². The lowest BCUT2D eigenvalue weighted by molar-refractivity contribution is -0.0278. The minimum atomic E-state index is -0.965. The highest BCUT2D eigenvalue weighted by Gasteiger charge is 2.41. The van der Waals surface area contributed by atoms with Crippen molar-refractivity contribution in [2.24, 2.45) is 0 Å². The van der Waals surface area contributed by atoms with Gasteiger partial charge in [-0.15, -0.1) is 0 Å². The minimum Gasteiger partial charge on any atom is -0.497 e. The summed E-state index contributed by atoms with van der Waals surface area (Å²) >= 11 is 0. The molecule has 1 fully saturated rings. The second kappa shape index (κ2) is 7.01. The zero-order valence-corrected chi connectivity index (χ0v) is 15.3. The van der Waals surface area contributed by atoms with Gasteiger partial charge in [-0.05, 0) is 49.2 Å². The summed E-state index contributed by atoms with van der Waals surface area (Å²) in [6.07, 6.45) is 1.96. The molecule has 0 unspecified atom stereocenters. The molecule has 25 heavy (non-hydrogen) atoms. The molecular formula is C18H26N4O3. The Kier molecular flexibility index (Phi) is 4.96. The molecular weight excluding hydrogens is 320 g/mol. The number of benzene rings is 1. The Labute approximate surface area is 148 Å². The van der Waals surface area contributed by atoms with Gasteiger partial charge in [0.25, 0.3) is 5.95 Å². The SMILES string of the molecule is COc1ccc([C@](C)(O)[C@H]2CCCN2Cc2nc(N(C)C)no2)cc1. The highest BCUT2D eigenvalue weighted by atomic mass is 16.5. The van der Waals surface area contributed by atoms with E-state index < -0.39 is 5.60 Å². The number of aliphatic hydroxyl groups is 1.